The maximum Gasteiger partial charge on any atom is 0.224 e. The van der Waals surface area contributed by atoms with Crippen molar-refractivity contribution in [1.29, 1.82) is 0 Å². The van der Waals surface area contributed by atoms with Crippen LogP contribution in [0, 0.1) is 0 Å². The molecule has 5 heteroatoms. The molecule has 21 heavy (non-hydrogen) atoms. The molecular formula is C16H35N3O2. The number of likely N-dealkylation sites (N-methyl/N-ethyl adjacent to an activating group) is 3. The third-order valence-corrected chi connectivity index (χ3v) is 4.03. The number of carbonyl (C=O) groups excluding carboxylic acids is 1. The number of nitrogens with zero attached hydrogens (tertiary/aromatic N) is 3. The number of hydrogen-bond donors (Lipinski definition) is 0. The Morgan fingerprint density at radius 3 is 1.90 bits per heavy atom. The molecule has 5 nitrogen and oxygen atoms in total. The lowest BCUT2D eigenvalue weighted by molar-refractivity contribution is -0.131. The highest BCUT2D eigenvalue weighted by molar-refractivity contribution is 5.75. The predicted molar refractivity (Wildman–Crippen MR) is 88.6 cm³/mol. The zero-order chi connectivity index (χ0) is 16.4. The molecule has 126 valence electrons. The average molecular weight is 301 g/mol. The van der Waals surface area contributed by atoms with Gasteiger partial charge in [0, 0.05) is 38.8 Å². The first-order chi connectivity index (χ1) is 9.75. The summed E-state index contributed by atoms with van der Waals surface area (Å²) in [7, 11) is 6.03. The van der Waals surface area contributed by atoms with Crippen LogP contribution in [0.4, 0.5) is 0 Å². The van der Waals surface area contributed by atoms with Crippen LogP contribution in [0.1, 0.15) is 34.1 Å². The third-order valence-electron chi connectivity index (χ3n) is 4.03. The van der Waals surface area contributed by atoms with Crippen LogP contribution in [0.15, 0.2) is 0 Å². The maximum absolute atomic E-state index is 11.9. The Hall–Kier alpha value is -0.650. The SMILES string of the molecule is CC(C)N(C)CCOCCC(=O)N(C)CCN(C)C(C)C. The summed E-state index contributed by atoms with van der Waals surface area (Å²) in [6.07, 6.45) is 0.466. The molecule has 0 aromatic heterocycles. The molecule has 0 N–H and O–H groups in total. The first-order valence-electron chi connectivity index (χ1n) is 7.97. The van der Waals surface area contributed by atoms with Crippen molar-refractivity contribution in [2.45, 2.75) is 46.2 Å². The fraction of sp³-hybridized carbons (Fsp3) is 0.938. The van der Waals surface area contributed by atoms with Gasteiger partial charge in [-0.3, -0.25) is 4.79 Å². The van der Waals surface area contributed by atoms with E-state index in [1.165, 1.54) is 0 Å². The van der Waals surface area contributed by atoms with Gasteiger partial charge < -0.3 is 19.4 Å². The van der Waals surface area contributed by atoms with Gasteiger partial charge in [0.15, 0.2) is 0 Å². The van der Waals surface area contributed by atoms with Crippen LogP contribution in [0.2, 0.25) is 0 Å². The summed E-state index contributed by atoms with van der Waals surface area (Å²) in [6, 6.07) is 1.04. The lowest BCUT2D eigenvalue weighted by Crippen LogP contribution is -2.37. The van der Waals surface area contributed by atoms with Crippen LogP contribution in [-0.2, 0) is 9.53 Å². The molecule has 0 rings (SSSR count). The second-order valence-corrected chi connectivity index (χ2v) is 6.33. The highest BCUT2D eigenvalue weighted by Gasteiger charge is 2.10. The van der Waals surface area contributed by atoms with E-state index in [2.05, 4.69) is 51.6 Å². The molecule has 0 aliphatic rings. The smallest absolute Gasteiger partial charge is 0.224 e. The van der Waals surface area contributed by atoms with Gasteiger partial charge in [0.05, 0.1) is 19.6 Å². The van der Waals surface area contributed by atoms with Crippen molar-refractivity contribution in [3.8, 4) is 0 Å². The quantitative estimate of drug-likeness (QED) is 0.542. The monoisotopic (exact) mass is 301 g/mol. The van der Waals surface area contributed by atoms with Gasteiger partial charge in [0.2, 0.25) is 5.91 Å². The van der Waals surface area contributed by atoms with E-state index in [0.717, 1.165) is 19.6 Å². The van der Waals surface area contributed by atoms with Crippen LogP contribution in [0.5, 0.6) is 0 Å². The zero-order valence-corrected chi connectivity index (χ0v) is 15.1. The molecule has 0 unspecified atom stereocenters. The molecule has 0 aromatic rings. The van der Waals surface area contributed by atoms with Gasteiger partial charge in [-0.2, -0.15) is 0 Å². The fourth-order valence-electron chi connectivity index (χ4n) is 1.61. The minimum absolute atomic E-state index is 0.157. The molecule has 0 saturated carbocycles. The van der Waals surface area contributed by atoms with Crippen LogP contribution >= 0.6 is 0 Å². The number of ether oxygens (including phenoxy) is 1. The summed E-state index contributed by atoms with van der Waals surface area (Å²) in [5, 5.41) is 0. The Morgan fingerprint density at radius 2 is 1.38 bits per heavy atom. The lowest BCUT2D eigenvalue weighted by Gasteiger charge is -2.25. The highest BCUT2D eigenvalue weighted by atomic mass is 16.5. The highest BCUT2D eigenvalue weighted by Crippen LogP contribution is 1.97. The number of carbonyl (C=O) groups is 1. The van der Waals surface area contributed by atoms with Crippen molar-refractivity contribution < 1.29 is 9.53 Å². The van der Waals surface area contributed by atoms with Gasteiger partial charge in [-0.05, 0) is 41.8 Å². The van der Waals surface area contributed by atoms with E-state index in [4.69, 9.17) is 4.74 Å². The lowest BCUT2D eigenvalue weighted by atomic mass is 10.3. The van der Waals surface area contributed by atoms with Gasteiger partial charge >= 0.3 is 0 Å². The summed E-state index contributed by atoms with van der Waals surface area (Å²) < 4.78 is 5.54. The summed E-state index contributed by atoms with van der Waals surface area (Å²) in [6.45, 7) is 12.4. The molecular weight excluding hydrogens is 266 g/mol. The first kappa shape index (κ1) is 20.3. The molecule has 0 radical (unpaired) electrons. The molecule has 0 spiro atoms. The van der Waals surface area contributed by atoms with Gasteiger partial charge in [-0.25, -0.2) is 0 Å². The third kappa shape index (κ3) is 9.82. The summed E-state index contributed by atoms with van der Waals surface area (Å²) in [5.41, 5.74) is 0. The standard InChI is InChI=1S/C16H35N3O2/c1-14(2)17(5)9-10-19(7)16(20)8-12-21-13-11-18(6)15(3)4/h14-15H,8-13H2,1-7H3. The predicted octanol–water partition coefficient (Wildman–Crippen LogP) is 1.53. The molecule has 0 bridgehead atoms. The van der Waals surface area contributed by atoms with E-state index in [1.54, 1.807) is 4.90 Å². The van der Waals surface area contributed by atoms with E-state index in [9.17, 15) is 4.79 Å². The molecule has 0 heterocycles. The van der Waals surface area contributed by atoms with Crippen molar-refractivity contribution in [2.75, 3.05) is 54.0 Å². The van der Waals surface area contributed by atoms with Crippen LogP contribution in [0.25, 0.3) is 0 Å². The first-order valence-corrected chi connectivity index (χ1v) is 7.97. The fourth-order valence-corrected chi connectivity index (χ4v) is 1.61. The molecule has 0 fully saturated rings. The van der Waals surface area contributed by atoms with Crippen LogP contribution in [-0.4, -0.2) is 86.7 Å². The van der Waals surface area contributed by atoms with Crippen molar-refractivity contribution in [2.24, 2.45) is 0 Å². The Morgan fingerprint density at radius 1 is 0.857 bits per heavy atom. The second-order valence-electron chi connectivity index (χ2n) is 6.33. The van der Waals surface area contributed by atoms with Gasteiger partial charge in [-0.15, -0.1) is 0 Å². The van der Waals surface area contributed by atoms with E-state index in [0.29, 0.717) is 31.7 Å². The summed E-state index contributed by atoms with van der Waals surface area (Å²) in [5.74, 6) is 0.157. The molecule has 0 saturated heterocycles. The number of amides is 1. The Kier molecular flexibility index (Phi) is 10.6. The molecule has 0 aromatic carbocycles. The minimum Gasteiger partial charge on any atom is -0.380 e. The van der Waals surface area contributed by atoms with Crippen molar-refractivity contribution >= 4 is 5.91 Å². The van der Waals surface area contributed by atoms with Crippen molar-refractivity contribution in [3.05, 3.63) is 0 Å². The molecule has 0 atom stereocenters. The van der Waals surface area contributed by atoms with Crippen LogP contribution < -0.4 is 0 Å². The molecule has 1 amide bonds. The largest absolute Gasteiger partial charge is 0.380 e. The van der Waals surface area contributed by atoms with Crippen LogP contribution in [0.3, 0.4) is 0 Å². The van der Waals surface area contributed by atoms with E-state index < -0.39 is 0 Å². The molecule has 0 aliphatic carbocycles. The number of rotatable bonds is 11. The second kappa shape index (κ2) is 11.0. The maximum atomic E-state index is 11.9. The van der Waals surface area contributed by atoms with Gasteiger partial charge in [-0.1, -0.05) is 0 Å². The topological polar surface area (TPSA) is 36.0 Å². The van der Waals surface area contributed by atoms with Crippen molar-refractivity contribution in [3.63, 3.8) is 0 Å². The summed E-state index contributed by atoms with van der Waals surface area (Å²) in [4.78, 5) is 18.2. The van der Waals surface area contributed by atoms with Crippen molar-refractivity contribution in [1.82, 2.24) is 14.7 Å². The minimum atomic E-state index is 0.157. The average Bonchev–Trinajstić information content (AvgIpc) is 2.42. The van der Waals surface area contributed by atoms with Gasteiger partial charge in [0.25, 0.3) is 0 Å². The Labute approximate surface area is 131 Å². The molecule has 0 aliphatic heterocycles. The zero-order valence-electron chi connectivity index (χ0n) is 15.1. The Bertz CT molecular complexity index is 283. The summed E-state index contributed by atoms with van der Waals surface area (Å²) >= 11 is 0. The van der Waals surface area contributed by atoms with Gasteiger partial charge in [0.1, 0.15) is 0 Å². The number of hydrogen-bond acceptors (Lipinski definition) is 4. The normalized spacial score (nSPS) is 12.0. The van der Waals surface area contributed by atoms with E-state index in [-0.39, 0.29) is 5.91 Å². The van der Waals surface area contributed by atoms with E-state index in [1.807, 2.05) is 7.05 Å². The Balaban J connectivity index is 3.69. The van der Waals surface area contributed by atoms with E-state index >= 15 is 0 Å².